The average Bonchev–Trinajstić information content (AvgIpc) is 2.99. The summed E-state index contributed by atoms with van der Waals surface area (Å²) in [7, 11) is 0. The highest BCUT2D eigenvalue weighted by Crippen LogP contribution is 2.09. The van der Waals surface area contributed by atoms with Crippen LogP contribution in [-0.4, -0.2) is 32.8 Å². The van der Waals surface area contributed by atoms with E-state index in [0.717, 1.165) is 0 Å². The second-order valence-electron chi connectivity index (χ2n) is 5.61. The molecular weight excluding hydrogens is 312 g/mol. The zero-order valence-corrected chi connectivity index (χ0v) is 13.3. The number of carbonyl (C=O) groups is 2. The maximum Gasteiger partial charge on any atom is 0.287 e. The summed E-state index contributed by atoms with van der Waals surface area (Å²) in [6.45, 7) is 3.04. The zero-order valence-electron chi connectivity index (χ0n) is 13.3. The van der Waals surface area contributed by atoms with Crippen LogP contribution in [0, 0.1) is 0 Å². The van der Waals surface area contributed by atoms with Gasteiger partial charge in [0.1, 0.15) is 5.82 Å². The first-order valence-electron chi connectivity index (χ1n) is 7.71. The third kappa shape index (κ3) is 3.37. The molecule has 0 aromatic carbocycles. The van der Waals surface area contributed by atoms with E-state index in [0.29, 0.717) is 37.6 Å². The molecule has 1 aliphatic heterocycles. The highest BCUT2D eigenvalue weighted by molar-refractivity contribution is 5.91. The number of aromatic nitrogens is 2. The smallest absolute Gasteiger partial charge is 0.287 e. The van der Waals surface area contributed by atoms with Crippen LogP contribution in [0.5, 0.6) is 0 Å². The van der Waals surface area contributed by atoms with Gasteiger partial charge in [0.2, 0.25) is 5.91 Å². The predicted octanol–water partition coefficient (Wildman–Crippen LogP) is 0.518. The SMILES string of the molecule is CC(=O)N1CCCn2c(nc(CNC(=O)c3ccco3)cc2=O)C1. The average molecular weight is 330 g/mol. The van der Waals surface area contributed by atoms with E-state index < -0.39 is 0 Å². The second kappa shape index (κ2) is 6.69. The van der Waals surface area contributed by atoms with Gasteiger partial charge in [-0.25, -0.2) is 4.98 Å². The van der Waals surface area contributed by atoms with E-state index in [1.165, 1.54) is 19.3 Å². The lowest BCUT2D eigenvalue weighted by atomic mass is 10.3. The number of amides is 2. The maximum absolute atomic E-state index is 12.3. The summed E-state index contributed by atoms with van der Waals surface area (Å²) in [6, 6.07) is 4.59. The highest BCUT2D eigenvalue weighted by Gasteiger charge is 2.19. The molecule has 2 amide bonds. The maximum atomic E-state index is 12.3. The van der Waals surface area contributed by atoms with Gasteiger partial charge in [-0.3, -0.25) is 19.0 Å². The first-order valence-corrected chi connectivity index (χ1v) is 7.71. The van der Waals surface area contributed by atoms with Gasteiger partial charge in [-0.2, -0.15) is 0 Å². The molecule has 1 aliphatic rings. The van der Waals surface area contributed by atoms with Crippen LogP contribution in [0.1, 0.15) is 35.4 Å². The molecule has 0 atom stereocenters. The van der Waals surface area contributed by atoms with Crippen LogP contribution in [0.4, 0.5) is 0 Å². The fourth-order valence-electron chi connectivity index (χ4n) is 2.66. The van der Waals surface area contributed by atoms with E-state index in [9.17, 15) is 14.4 Å². The van der Waals surface area contributed by atoms with Gasteiger partial charge in [0.05, 0.1) is 25.0 Å². The van der Waals surface area contributed by atoms with Gasteiger partial charge in [-0.05, 0) is 18.6 Å². The minimum absolute atomic E-state index is 0.0470. The molecule has 0 fully saturated rings. The summed E-state index contributed by atoms with van der Waals surface area (Å²) < 4.78 is 6.60. The van der Waals surface area contributed by atoms with Crippen molar-refractivity contribution in [3.05, 3.63) is 52.1 Å². The van der Waals surface area contributed by atoms with Gasteiger partial charge in [-0.1, -0.05) is 0 Å². The number of nitrogens with one attached hydrogen (secondary N) is 1. The third-order valence-corrected chi connectivity index (χ3v) is 3.90. The molecular formula is C16H18N4O4. The van der Waals surface area contributed by atoms with E-state index in [4.69, 9.17) is 4.42 Å². The fraction of sp³-hybridized carbons (Fsp3) is 0.375. The molecule has 0 radical (unpaired) electrons. The molecule has 0 saturated carbocycles. The Bertz CT molecular complexity index is 810. The molecule has 0 unspecified atom stereocenters. The van der Waals surface area contributed by atoms with Gasteiger partial charge in [0.15, 0.2) is 5.76 Å². The minimum atomic E-state index is -0.373. The predicted molar refractivity (Wildman–Crippen MR) is 84.1 cm³/mol. The molecule has 0 bridgehead atoms. The molecule has 8 nitrogen and oxygen atoms in total. The Morgan fingerprint density at radius 1 is 1.38 bits per heavy atom. The molecule has 24 heavy (non-hydrogen) atoms. The van der Waals surface area contributed by atoms with Gasteiger partial charge in [0.25, 0.3) is 11.5 Å². The molecule has 8 heteroatoms. The van der Waals surface area contributed by atoms with Crippen LogP contribution in [0.25, 0.3) is 0 Å². The Balaban J connectivity index is 1.78. The first kappa shape index (κ1) is 16.0. The van der Waals surface area contributed by atoms with Crippen molar-refractivity contribution in [3.63, 3.8) is 0 Å². The van der Waals surface area contributed by atoms with E-state index in [2.05, 4.69) is 10.3 Å². The lowest BCUT2D eigenvalue weighted by Gasteiger charge is -2.18. The molecule has 1 N–H and O–H groups in total. The van der Waals surface area contributed by atoms with Crippen molar-refractivity contribution in [1.82, 2.24) is 19.8 Å². The molecule has 3 heterocycles. The summed E-state index contributed by atoms with van der Waals surface area (Å²) in [6.07, 6.45) is 2.13. The van der Waals surface area contributed by atoms with E-state index in [1.54, 1.807) is 21.6 Å². The number of fused-ring (bicyclic) bond motifs is 1. The summed E-state index contributed by atoms with van der Waals surface area (Å²) in [5.74, 6) is 0.318. The fourth-order valence-corrected chi connectivity index (χ4v) is 2.66. The van der Waals surface area contributed by atoms with Crippen molar-refractivity contribution in [2.75, 3.05) is 6.54 Å². The van der Waals surface area contributed by atoms with Crippen molar-refractivity contribution in [2.45, 2.75) is 33.0 Å². The van der Waals surface area contributed by atoms with Crippen LogP contribution < -0.4 is 10.9 Å². The van der Waals surface area contributed by atoms with Gasteiger partial charge >= 0.3 is 0 Å². The quantitative estimate of drug-likeness (QED) is 0.885. The van der Waals surface area contributed by atoms with E-state index in [-0.39, 0.29) is 29.7 Å². The number of furan rings is 1. The van der Waals surface area contributed by atoms with Crippen LogP contribution in [-0.2, 0) is 24.4 Å². The second-order valence-corrected chi connectivity index (χ2v) is 5.61. The molecule has 2 aromatic heterocycles. The van der Waals surface area contributed by atoms with E-state index in [1.807, 2.05) is 0 Å². The largest absolute Gasteiger partial charge is 0.459 e. The lowest BCUT2D eigenvalue weighted by Crippen LogP contribution is -2.31. The van der Waals surface area contributed by atoms with Crippen molar-refractivity contribution < 1.29 is 14.0 Å². The lowest BCUT2D eigenvalue weighted by molar-refractivity contribution is -0.129. The number of carbonyl (C=O) groups excluding carboxylic acids is 2. The van der Waals surface area contributed by atoms with Gasteiger partial charge < -0.3 is 14.6 Å². The number of nitrogens with zero attached hydrogens (tertiary/aromatic N) is 3. The normalized spacial score (nSPS) is 14.0. The minimum Gasteiger partial charge on any atom is -0.459 e. The topological polar surface area (TPSA) is 97.4 Å². The Kier molecular flexibility index (Phi) is 4.45. The summed E-state index contributed by atoms with van der Waals surface area (Å²) in [5, 5.41) is 2.66. The summed E-state index contributed by atoms with van der Waals surface area (Å²) in [5.41, 5.74) is 0.282. The van der Waals surface area contributed by atoms with Crippen LogP contribution in [0.15, 0.2) is 33.7 Å². The molecule has 126 valence electrons. The summed E-state index contributed by atoms with van der Waals surface area (Å²) >= 11 is 0. The van der Waals surface area contributed by atoms with Crippen LogP contribution in [0.3, 0.4) is 0 Å². The first-order chi connectivity index (χ1) is 11.5. The highest BCUT2D eigenvalue weighted by atomic mass is 16.3. The molecule has 2 aromatic rings. The molecule has 0 spiro atoms. The van der Waals surface area contributed by atoms with Crippen LogP contribution in [0.2, 0.25) is 0 Å². The van der Waals surface area contributed by atoms with Crippen molar-refractivity contribution >= 4 is 11.8 Å². The van der Waals surface area contributed by atoms with E-state index >= 15 is 0 Å². The molecule has 0 aliphatic carbocycles. The Morgan fingerprint density at radius 2 is 2.21 bits per heavy atom. The van der Waals surface area contributed by atoms with Gasteiger partial charge in [-0.15, -0.1) is 0 Å². The standard InChI is InChI=1S/C16H18N4O4/c1-11(21)19-5-3-6-20-14(10-19)18-12(8-15(20)22)9-17-16(23)13-4-2-7-24-13/h2,4,7-8H,3,5-6,9-10H2,1H3,(H,17,23). The summed E-state index contributed by atoms with van der Waals surface area (Å²) in [4.78, 5) is 41.9. The molecule has 3 rings (SSSR count). The van der Waals surface area contributed by atoms with Crippen LogP contribution >= 0.6 is 0 Å². The number of hydrogen-bond donors (Lipinski definition) is 1. The molecule has 0 saturated heterocycles. The third-order valence-electron chi connectivity index (χ3n) is 3.90. The number of rotatable bonds is 3. The monoisotopic (exact) mass is 330 g/mol. The van der Waals surface area contributed by atoms with Crippen molar-refractivity contribution in [1.29, 1.82) is 0 Å². The Labute approximate surface area is 138 Å². The Morgan fingerprint density at radius 3 is 2.92 bits per heavy atom. The Hall–Kier alpha value is -2.90. The number of hydrogen-bond acceptors (Lipinski definition) is 5. The zero-order chi connectivity index (χ0) is 17.1. The van der Waals surface area contributed by atoms with Crippen molar-refractivity contribution in [3.8, 4) is 0 Å². The van der Waals surface area contributed by atoms with Gasteiger partial charge in [0, 0.05) is 26.1 Å². The van der Waals surface area contributed by atoms with Crippen molar-refractivity contribution in [2.24, 2.45) is 0 Å².